The van der Waals surface area contributed by atoms with E-state index in [2.05, 4.69) is 4.98 Å². The first-order valence-corrected chi connectivity index (χ1v) is 7.99. The highest BCUT2D eigenvalue weighted by molar-refractivity contribution is 6.02. The summed E-state index contributed by atoms with van der Waals surface area (Å²) in [4.78, 5) is 41.0. The number of aromatic amines is 1. The second-order valence-electron chi connectivity index (χ2n) is 6.38. The van der Waals surface area contributed by atoms with E-state index in [9.17, 15) is 14.4 Å². The van der Waals surface area contributed by atoms with Gasteiger partial charge in [0.05, 0.1) is 6.54 Å². The van der Waals surface area contributed by atoms with Crippen LogP contribution in [0, 0.1) is 13.8 Å². The molecule has 0 spiro atoms. The molecule has 0 aromatic carbocycles. The summed E-state index contributed by atoms with van der Waals surface area (Å²) in [5, 5.41) is 0. The smallest absolute Gasteiger partial charge is 0.270 e. The van der Waals surface area contributed by atoms with Crippen LogP contribution < -0.4 is 0 Å². The van der Waals surface area contributed by atoms with Gasteiger partial charge in [0.25, 0.3) is 5.91 Å². The van der Waals surface area contributed by atoms with Crippen LogP contribution in [0.2, 0.25) is 0 Å². The van der Waals surface area contributed by atoms with Crippen molar-refractivity contribution in [1.82, 2.24) is 14.5 Å². The third-order valence-electron chi connectivity index (χ3n) is 4.65. The lowest BCUT2D eigenvalue weighted by Crippen LogP contribution is -2.38. The number of hydrogen-bond donors (Lipinski definition) is 1. The van der Waals surface area contributed by atoms with E-state index in [4.69, 9.17) is 0 Å². The second kappa shape index (κ2) is 5.78. The number of hydrogen-bond acceptors (Lipinski definition) is 3. The van der Waals surface area contributed by atoms with E-state index in [1.165, 1.54) is 6.92 Å². The van der Waals surface area contributed by atoms with Gasteiger partial charge in [-0.05, 0) is 39.3 Å². The summed E-state index contributed by atoms with van der Waals surface area (Å²) in [6.07, 6.45) is 1.84. The molecule has 0 aliphatic carbocycles. The number of rotatable bonds is 3. The number of ketones is 2. The van der Waals surface area contributed by atoms with Gasteiger partial charge in [-0.15, -0.1) is 0 Å². The van der Waals surface area contributed by atoms with E-state index in [1.807, 2.05) is 16.8 Å². The molecule has 3 heterocycles. The van der Waals surface area contributed by atoms with E-state index < -0.39 is 0 Å². The van der Waals surface area contributed by atoms with Crippen LogP contribution >= 0.6 is 0 Å². The first-order valence-electron chi connectivity index (χ1n) is 7.99. The maximum atomic E-state index is 12.9. The first kappa shape index (κ1) is 16.2. The van der Waals surface area contributed by atoms with Gasteiger partial charge in [-0.1, -0.05) is 0 Å². The zero-order valence-corrected chi connectivity index (χ0v) is 14.4. The molecule has 24 heavy (non-hydrogen) atoms. The highest BCUT2D eigenvalue weighted by Crippen LogP contribution is 2.23. The molecule has 6 heteroatoms. The van der Waals surface area contributed by atoms with Crippen LogP contribution in [0.1, 0.15) is 62.0 Å². The van der Waals surface area contributed by atoms with Crippen LogP contribution in [-0.4, -0.2) is 38.5 Å². The molecule has 1 N–H and O–H groups in total. The topological polar surface area (TPSA) is 75.2 Å². The summed E-state index contributed by atoms with van der Waals surface area (Å²) in [5.41, 5.74) is 4.12. The van der Waals surface area contributed by atoms with Gasteiger partial charge in [0.1, 0.15) is 5.69 Å². The van der Waals surface area contributed by atoms with Gasteiger partial charge in [0.15, 0.2) is 11.6 Å². The summed E-state index contributed by atoms with van der Waals surface area (Å²) in [7, 11) is 0. The second-order valence-corrected chi connectivity index (χ2v) is 6.38. The number of nitrogens with one attached hydrogen (secondary N) is 1. The monoisotopic (exact) mass is 327 g/mol. The summed E-state index contributed by atoms with van der Waals surface area (Å²) in [6.45, 7) is 8.35. The van der Waals surface area contributed by atoms with Crippen molar-refractivity contribution >= 4 is 17.5 Å². The standard InChI is InChI=1S/C18H21N3O3/c1-10-16(13(4)23)11(2)19-17(10)18(24)21-6-5-20-8-14(12(3)22)7-15(20)9-21/h7-8,19H,5-6,9H2,1-4H3. The Balaban J connectivity index is 1.88. The SMILES string of the molecule is CC(=O)c1cc2n(c1)CCN(C(=O)c1[nH]c(C)c(C(C)=O)c1C)C2. The Kier molecular flexibility index (Phi) is 3.91. The fourth-order valence-electron chi connectivity index (χ4n) is 3.41. The molecule has 0 saturated carbocycles. The Morgan fingerprint density at radius 3 is 2.38 bits per heavy atom. The molecule has 0 unspecified atom stereocenters. The van der Waals surface area contributed by atoms with Crippen molar-refractivity contribution in [2.45, 2.75) is 40.8 Å². The van der Waals surface area contributed by atoms with Gasteiger partial charge in [-0.3, -0.25) is 14.4 Å². The Morgan fingerprint density at radius 2 is 1.79 bits per heavy atom. The van der Waals surface area contributed by atoms with E-state index in [0.717, 1.165) is 11.4 Å². The molecule has 0 saturated heterocycles. The normalized spacial score (nSPS) is 13.8. The van der Waals surface area contributed by atoms with Crippen molar-refractivity contribution in [1.29, 1.82) is 0 Å². The van der Waals surface area contributed by atoms with Crippen LogP contribution in [0.5, 0.6) is 0 Å². The maximum absolute atomic E-state index is 12.9. The Bertz CT molecular complexity index is 857. The highest BCUT2D eigenvalue weighted by Gasteiger charge is 2.27. The Morgan fingerprint density at radius 1 is 1.08 bits per heavy atom. The molecular formula is C18H21N3O3. The molecule has 2 aromatic rings. The van der Waals surface area contributed by atoms with Gasteiger partial charge in [0, 0.05) is 41.8 Å². The number of fused-ring (bicyclic) bond motifs is 1. The molecule has 6 nitrogen and oxygen atoms in total. The lowest BCUT2D eigenvalue weighted by molar-refractivity contribution is 0.0705. The fourth-order valence-corrected chi connectivity index (χ4v) is 3.41. The third-order valence-corrected chi connectivity index (χ3v) is 4.65. The largest absolute Gasteiger partial charge is 0.354 e. The summed E-state index contributed by atoms with van der Waals surface area (Å²) < 4.78 is 2.02. The van der Waals surface area contributed by atoms with Gasteiger partial charge in [-0.2, -0.15) is 0 Å². The van der Waals surface area contributed by atoms with Crippen LogP contribution in [0.4, 0.5) is 0 Å². The molecule has 0 bridgehead atoms. The Hall–Kier alpha value is -2.63. The fraction of sp³-hybridized carbons (Fsp3) is 0.389. The summed E-state index contributed by atoms with van der Waals surface area (Å²) >= 11 is 0. The lowest BCUT2D eigenvalue weighted by atomic mass is 10.1. The number of aryl methyl sites for hydroxylation is 1. The Labute approximate surface area is 140 Å². The van der Waals surface area contributed by atoms with Gasteiger partial charge < -0.3 is 14.5 Å². The van der Waals surface area contributed by atoms with Gasteiger partial charge in [0.2, 0.25) is 0 Å². The molecule has 0 atom stereocenters. The van der Waals surface area contributed by atoms with Crippen molar-refractivity contribution in [2.24, 2.45) is 0 Å². The first-order chi connectivity index (χ1) is 11.3. The molecule has 0 radical (unpaired) electrons. The number of carbonyl (C=O) groups is 3. The predicted molar refractivity (Wildman–Crippen MR) is 89.4 cm³/mol. The van der Waals surface area contributed by atoms with Gasteiger partial charge >= 0.3 is 0 Å². The van der Waals surface area contributed by atoms with Crippen LogP contribution in [0.15, 0.2) is 12.3 Å². The number of nitrogens with zero attached hydrogens (tertiary/aromatic N) is 2. The molecule has 1 aliphatic rings. The highest BCUT2D eigenvalue weighted by atomic mass is 16.2. The number of carbonyl (C=O) groups excluding carboxylic acids is 3. The number of H-pyrrole nitrogens is 1. The quantitative estimate of drug-likeness (QED) is 0.880. The maximum Gasteiger partial charge on any atom is 0.270 e. The van der Waals surface area contributed by atoms with Crippen LogP contribution in [-0.2, 0) is 13.1 Å². The molecule has 1 amide bonds. The number of amides is 1. The van der Waals surface area contributed by atoms with E-state index in [1.54, 1.807) is 25.7 Å². The van der Waals surface area contributed by atoms with E-state index in [0.29, 0.717) is 42.0 Å². The predicted octanol–water partition coefficient (Wildman–Crippen LogP) is 2.49. The summed E-state index contributed by atoms with van der Waals surface area (Å²) in [5.74, 6) is -0.129. The minimum atomic E-state index is -0.111. The summed E-state index contributed by atoms with van der Waals surface area (Å²) in [6, 6.07) is 1.84. The van der Waals surface area contributed by atoms with Crippen LogP contribution in [0.3, 0.4) is 0 Å². The minimum Gasteiger partial charge on any atom is -0.354 e. The van der Waals surface area contributed by atoms with Crippen molar-refractivity contribution in [3.05, 3.63) is 46.0 Å². The average molecular weight is 327 g/mol. The molecule has 3 rings (SSSR count). The number of Topliss-reactive ketones (excluding diaryl/α,β-unsaturated/α-hetero) is 2. The van der Waals surface area contributed by atoms with Gasteiger partial charge in [-0.25, -0.2) is 0 Å². The van der Waals surface area contributed by atoms with Crippen molar-refractivity contribution in [3.63, 3.8) is 0 Å². The third kappa shape index (κ3) is 2.58. The zero-order chi connectivity index (χ0) is 17.6. The molecule has 126 valence electrons. The molecular weight excluding hydrogens is 306 g/mol. The zero-order valence-electron chi connectivity index (χ0n) is 14.4. The van der Waals surface area contributed by atoms with E-state index in [-0.39, 0.29) is 17.5 Å². The van der Waals surface area contributed by atoms with Crippen molar-refractivity contribution in [2.75, 3.05) is 6.54 Å². The number of aromatic nitrogens is 2. The van der Waals surface area contributed by atoms with Crippen molar-refractivity contribution < 1.29 is 14.4 Å². The molecule has 1 aliphatic heterocycles. The van der Waals surface area contributed by atoms with E-state index >= 15 is 0 Å². The lowest BCUT2D eigenvalue weighted by Gasteiger charge is -2.28. The molecule has 0 fully saturated rings. The average Bonchev–Trinajstić information content (AvgIpc) is 3.06. The molecule has 2 aromatic heterocycles. The van der Waals surface area contributed by atoms with Crippen molar-refractivity contribution in [3.8, 4) is 0 Å². The minimum absolute atomic E-state index is 0.0247. The van der Waals surface area contributed by atoms with Crippen LogP contribution in [0.25, 0.3) is 0 Å².